The van der Waals surface area contributed by atoms with Gasteiger partial charge in [0.25, 0.3) is 5.91 Å². The standard InChI is InChI=1S/C23H22ClNO3/c1-2-21(28-22-11-7-6-10-20(22)24)23(26)25-18-12-14-19(15-13-18)27-16-17-8-4-3-5-9-17/h3-15,21H,2,16H2,1H3,(H,25,26). The van der Waals surface area contributed by atoms with Gasteiger partial charge in [-0.1, -0.05) is 61.0 Å². The lowest BCUT2D eigenvalue weighted by molar-refractivity contribution is -0.122. The van der Waals surface area contributed by atoms with Crippen LogP contribution in [0.4, 0.5) is 5.69 Å². The van der Waals surface area contributed by atoms with E-state index in [2.05, 4.69) is 5.32 Å². The maximum atomic E-state index is 12.5. The second-order valence-electron chi connectivity index (χ2n) is 6.23. The third-order valence-corrected chi connectivity index (χ3v) is 4.45. The van der Waals surface area contributed by atoms with Crippen molar-refractivity contribution in [1.29, 1.82) is 0 Å². The van der Waals surface area contributed by atoms with Crippen LogP contribution in [0.1, 0.15) is 18.9 Å². The average molecular weight is 396 g/mol. The number of rotatable bonds is 8. The minimum absolute atomic E-state index is 0.222. The molecule has 144 valence electrons. The fourth-order valence-corrected chi connectivity index (χ4v) is 2.79. The minimum atomic E-state index is -0.631. The summed E-state index contributed by atoms with van der Waals surface area (Å²) in [5, 5.41) is 3.35. The number of carbonyl (C=O) groups excluding carboxylic acids is 1. The van der Waals surface area contributed by atoms with Crippen molar-refractivity contribution in [2.75, 3.05) is 5.32 Å². The third-order valence-electron chi connectivity index (χ3n) is 4.14. The SMILES string of the molecule is CCC(Oc1ccccc1Cl)C(=O)Nc1ccc(OCc2ccccc2)cc1. The van der Waals surface area contributed by atoms with Gasteiger partial charge >= 0.3 is 0 Å². The van der Waals surface area contributed by atoms with Gasteiger partial charge in [-0.3, -0.25) is 4.79 Å². The highest BCUT2D eigenvalue weighted by Crippen LogP contribution is 2.25. The summed E-state index contributed by atoms with van der Waals surface area (Å²) in [4.78, 5) is 12.5. The molecule has 1 atom stereocenters. The molecule has 0 saturated carbocycles. The van der Waals surface area contributed by atoms with Gasteiger partial charge in [0.05, 0.1) is 5.02 Å². The second-order valence-corrected chi connectivity index (χ2v) is 6.64. The van der Waals surface area contributed by atoms with Gasteiger partial charge < -0.3 is 14.8 Å². The van der Waals surface area contributed by atoms with Crippen molar-refractivity contribution < 1.29 is 14.3 Å². The number of hydrogen-bond acceptors (Lipinski definition) is 3. The van der Waals surface area contributed by atoms with Crippen LogP contribution in [-0.4, -0.2) is 12.0 Å². The topological polar surface area (TPSA) is 47.6 Å². The summed E-state index contributed by atoms with van der Waals surface area (Å²) >= 11 is 6.11. The summed E-state index contributed by atoms with van der Waals surface area (Å²) in [6.07, 6.45) is -0.107. The van der Waals surface area contributed by atoms with E-state index in [9.17, 15) is 4.79 Å². The molecule has 0 bridgehead atoms. The Morgan fingerprint density at radius 1 is 0.964 bits per heavy atom. The number of amides is 1. The van der Waals surface area contributed by atoms with E-state index in [0.29, 0.717) is 29.5 Å². The molecule has 3 aromatic rings. The van der Waals surface area contributed by atoms with Crippen LogP contribution in [0.2, 0.25) is 5.02 Å². The summed E-state index contributed by atoms with van der Waals surface area (Å²) < 4.78 is 11.5. The number of nitrogens with one attached hydrogen (secondary N) is 1. The van der Waals surface area contributed by atoms with E-state index in [1.54, 1.807) is 24.3 Å². The zero-order valence-electron chi connectivity index (χ0n) is 15.6. The smallest absolute Gasteiger partial charge is 0.265 e. The number of anilines is 1. The molecule has 28 heavy (non-hydrogen) atoms. The van der Waals surface area contributed by atoms with Crippen molar-refractivity contribution >= 4 is 23.2 Å². The van der Waals surface area contributed by atoms with Gasteiger partial charge in [0.15, 0.2) is 6.10 Å². The van der Waals surface area contributed by atoms with Crippen LogP contribution < -0.4 is 14.8 Å². The van der Waals surface area contributed by atoms with Crippen LogP contribution in [-0.2, 0) is 11.4 Å². The molecule has 1 amide bonds. The van der Waals surface area contributed by atoms with Crippen molar-refractivity contribution in [2.24, 2.45) is 0 Å². The number of para-hydroxylation sites is 1. The van der Waals surface area contributed by atoms with Crippen molar-refractivity contribution in [3.8, 4) is 11.5 Å². The number of hydrogen-bond donors (Lipinski definition) is 1. The third kappa shape index (κ3) is 5.51. The number of ether oxygens (including phenoxy) is 2. The summed E-state index contributed by atoms with van der Waals surface area (Å²) in [6, 6.07) is 24.3. The van der Waals surface area contributed by atoms with Crippen LogP contribution in [0, 0.1) is 0 Å². The Morgan fingerprint density at radius 2 is 1.64 bits per heavy atom. The highest BCUT2D eigenvalue weighted by atomic mass is 35.5. The molecule has 0 fully saturated rings. The van der Waals surface area contributed by atoms with Crippen LogP contribution in [0.5, 0.6) is 11.5 Å². The molecule has 0 saturated heterocycles. The fourth-order valence-electron chi connectivity index (χ4n) is 2.61. The quantitative estimate of drug-likeness (QED) is 0.531. The molecule has 5 heteroatoms. The Kier molecular flexibility index (Phi) is 6.93. The molecule has 1 unspecified atom stereocenters. The van der Waals surface area contributed by atoms with Crippen molar-refractivity contribution in [3.63, 3.8) is 0 Å². The highest BCUT2D eigenvalue weighted by Gasteiger charge is 2.19. The Hall–Kier alpha value is -2.98. The summed E-state index contributed by atoms with van der Waals surface area (Å²) in [5.41, 5.74) is 1.78. The van der Waals surface area contributed by atoms with Crippen LogP contribution in [0.25, 0.3) is 0 Å². The molecule has 1 N–H and O–H groups in total. The number of benzene rings is 3. The molecule has 0 aliphatic heterocycles. The second kappa shape index (κ2) is 9.81. The van der Waals surface area contributed by atoms with Crippen molar-refractivity contribution in [1.82, 2.24) is 0 Å². The van der Waals surface area contributed by atoms with Crippen LogP contribution >= 0.6 is 11.6 Å². The van der Waals surface area contributed by atoms with Crippen molar-refractivity contribution in [2.45, 2.75) is 26.1 Å². The first-order valence-corrected chi connectivity index (χ1v) is 9.52. The first-order valence-electron chi connectivity index (χ1n) is 9.14. The first-order chi connectivity index (χ1) is 13.7. The molecule has 0 aliphatic carbocycles. The average Bonchev–Trinajstić information content (AvgIpc) is 2.73. The minimum Gasteiger partial charge on any atom is -0.489 e. The molecule has 0 radical (unpaired) electrons. The van der Waals surface area contributed by atoms with E-state index >= 15 is 0 Å². The number of halogens is 1. The lowest BCUT2D eigenvalue weighted by Crippen LogP contribution is -2.32. The summed E-state index contributed by atoms with van der Waals surface area (Å²) in [6.45, 7) is 2.39. The summed E-state index contributed by atoms with van der Waals surface area (Å²) in [5.74, 6) is 1.01. The number of carbonyl (C=O) groups is 1. The Bertz CT molecular complexity index is 897. The molecule has 4 nitrogen and oxygen atoms in total. The van der Waals surface area contributed by atoms with E-state index in [0.717, 1.165) is 11.3 Å². The van der Waals surface area contributed by atoms with E-state index < -0.39 is 6.10 Å². The van der Waals surface area contributed by atoms with Gasteiger partial charge in [0.2, 0.25) is 0 Å². The monoisotopic (exact) mass is 395 g/mol. The van der Waals surface area contributed by atoms with Crippen LogP contribution in [0.15, 0.2) is 78.9 Å². The Morgan fingerprint density at radius 3 is 2.32 bits per heavy atom. The lowest BCUT2D eigenvalue weighted by atomic mass is 10.2. The first kappa shape index (κ1) is 19.8. The Labute approximate surface area is 170 Å². The van der Waals surface area contributed by atoms with E-state index in [1.807, 2.05) is 61.5 Å². The zero-order valence-corrected chi connectivity index (χ0v) is 16.4. The van der Waals surface area contributed by atoms with Gasteiger partial charge in [0, 0.05) is 5.69 Å². The van der Waals surface area contributed by atoms with Gasteiger partial charge in [-0.25, -0.2) is 0 Å². The van der Waals surface area contributed by atoms with E-state index in [4.69, 9.17) is 21.1 Å². The van der Waals surface area contributed by atoms with E-state index in [1.165, 1.54) is 0 Å². The maximum absolute atomic E-state index is 12.5. The molecule has 0 heterocycles. The van der Waals surface area contributed by atoms with Gasteiger partial charge in [-0.2, -0.15) is 0 Å². The van der Waals surface area contributed by atoms with Gasteiger partial charge in [-0.15, -0.1) is 0 Å². The predicted molar refractivity (Wildman–Crippen MR) is 112 cm³/mol. The normalized spacial score (nSPS) is 11.5. The molecule has 0 aromatic heterocycles. The molecule has 0 spiro atoms. The largest absolute Gasteiger partial charge is 0.489 e. The van der Waals surface area contributed by atoms with Gasteiger partial charge in [-0.05, 0) is 48.4 Å². The molecular weight excluding hydrogens is 374 g/mol. The molecule has 0 aliphatic rings. The zero-order chi connectivity index (χ0) is 19.8. The Balaban J connectivity index is 1.56. The van der Waals surface area contributed by atoms with Crippen molar-refractivity contribution in [3.05, 3.63) is 89.4 Å². The summed E-state index contributed by atoms with van der Waals surface area (Å²) in [7, 11) is 0. The molecular formula is C23H22ClNO3. The lowest BCUT2D eigenvalue weighted by Gasteiger charge is -2.18. The van der Waals surface area contributed by atoms with Crippen LogP contribution in [0.3, 0.4) is 0 Å². The fraction of sp³-hybridized carbons (Fsp3) is 0.174. The highest BCUT2D eigenvalue weighted by molar-refractivity contribution is 6.32. The molecule has 3 rings (SSSR count). The maximum Gasteiger partial charge on any atom is 0.265 e. The van der Waals surface area contributed by atoms with Gasteiger partial charge in [0.1, 0.15) is 18.1 Å². The van der Waals surface area contributed by atoms with E-state index in [-0.39, 0.29) is 5.91 Å². The predicted octanol–water partition coefficient (Wildman–Crippen LogP) is 5.72. The molecule has 3 aromatic carbocycles.